The number of rotatable bonds is 6. The maximum Gasteiger partial charge on any atom is 0.326 e. The standard InChI is InChI=1S/C16H29NO3/c1-19-15(18)16(17)10-5-8-14(16)9-11-20-12-13-6-3-2-4-7-13/h13-14H,2-12,17H2,1H3. The molecule has 20 heavy (non-hydrogen) atoms. The Morgan fingerprint density at radius 3 is 2.65 bits per heavy atom. The third-order valence-corrected chi connectivity index (χ3v) is 5.13. The van der Waals surface area contributed by atoms with Gasteiger partial charge in [-0.2, -0.15) is 0 Å². The fraction of sp³-hybridized carbons (Fsp3) is 0.938. The van der Waals surface area contributed by atoms with Crippen LogP contribution in [0.4, 0.5) is 0 Å². The minimum absolute atomic E-state index is 0.210. The molecule has 0 aromatic rings. The molecule has 4 heteroatoms. The molecule has 0 aliphatic heterocycles. The van der Waals surface area contributed by atoms with Gasteiger partial charge in [-0.1, -0.05) is 25.7 Å². The average Bonchev–Trinajstić information content (AvgIpc) is 2.86. The lowest BCUT2D eigenvalue weighted by molar-refractivity contribution is -0.148. The highest BCUT2D eigenvalue weighted by atomic mass is 16.5. The molecule has 2 saturated carbocycles. The van der Waals surface area contributed by atoms with Crippen LogP contribution in [0, 0.1) is 11.8 Å². The zero-order valence-corrected chi connectivity index (χ0v) is 12.7. The van der Waals surface area contributed by atoms with Crippen molar-refractivity contribution in [3.8, 4) is 0 Å². The zero-order valence-electron chi connectivity index (χ0n) is 12.7. The smallest absolute Gasteiger partial charge is 0.326 e. The fourth-order valence-corrected chi connectivity index (χ4v) is 3.79. The second-order valence-electron chi connectivity index (χ2n) is 6.49. The molecule has 2 N–H and O–H groups in total. The molecule has 0 radical (unpaired) electrons. The van der Waals surface area contributed by atoms with Gasteiger partial charge in [0, 0.05) is 13.2 Å². The summed E-state index contributed by atoms with van der Waals surface area (Å²) in [6.07, 6.45) is 10.4. The van der Waals surface area contributed by atoms with Crippen molar-refractivity contribution in [2.75, 3.05) is 20.3 Å². The lowest BCUT2D eigenvalue weighted by Crippen LogP contribution is -2.51. The van der Waals surface area contributed by atoms with Crippen LogP contribution >= 0.6 is 0 Å². The topological polar surface area (TPSA) is 61.5 Å². The van der Waals surface area contributed by atoms with Crippen molar-refractivity contribution in [3.63, 3.8) is 0 Å². The van der Waals surface area contributed by atoms with E-state index in [4.69, 9.17) is 15.2 Å². The molecule has 2 aliphatic carbocycles. The summed E-state index contributed by atoms with van der Waals surface area (Å²) in [7, 11) is 1.42. The van der Waals surface area contributed by atoms with Crippen LogP contribution in [0.1, 0.15) is 57.8 Å². The monoisotopic (exact) mass is 283 g/mol. The third kappa shape index (κ3) is 3.73. The van der Waals surface area contributed by atoms with E-state index in [9.17, 15) is 4.79 Å². The van der Waals surface area contributed by atoms with E-state index in [2.05, 4.69) is 0 Å². The molecule has 0 heterocycles. The lowest BCUT2D eigenvalue weighted by Gasteiger charge is -2.28. The summed E-state index contributed by atoms with van der Waals surface area (Å²) >= 11 is 0. The number of hydrogen-bond donors (Lipinski definition) is 1. The van der Waals surface area contributed by atoms with Gasteiger partial charge in [-0.3, -0.25) is 4.79 Å². The van der Waals surface area contributed by atoms with E-state index in [1.54, 1.807) is 0 Å². The normalized spacial score (nSPS) is 31.4. The van der Waals surface area contributed by atoms with Crippen molar-refractivity contribution < 1.29 is 14.3 Å². The predicted octanol–water partition coefficient (Wildman–Crippen LogP) is 2.64. The van der Waals surface area contributed by atoms with Gasteiger partial charge in [0.15, 0.2) is 0 Å². The van der Waals surface area contributed by atoms with Crippen LogP contribution in [0.3, 0.4) is 0 Å². The highest BCUT2D eigenvalue weighted by Crippen LogP contribution is 2.37. The van der Waals surface area contributed by atoms with Gasteiger partial charge in [-0.25, -0.2) is 0 Å². The third-order valence-electron chi connectivity index (χ3n) is 5.13. The van der Waals surface area contributed by atoms with Crippen LogP contribution in [-0.4, -0.2) is 31.8 Å². The molecule has 2 unspecified atom stereocenters. The van der Waals surface area contributed by atoms with Crippen LogP contribution < -0.4 is 5.73 Å². The van der Waals surface area contributed by atoms with Gasteiger partial charge < -0.3 is 15.2 Å². The van der Waals surface area contributed by atoms with E-state index in [0.717, 1.165) is 44.8 Å². The Balaban J connectivity index is 1.69. The molecule has 2 fully saturated rings. The van der Waals surface area contributed by atoms with Crippen molar-refractivity contribution >= 4 is 5.97 Å². The van der Waals surface area contributed by atoms with E-state index in [-0.39, 0.29) is 11.9 Å². The van der Waals surface area contributed by atoms with E-state index in [1.165, 1.54) is 39.2 Å². The largest absolute Gasteiger partial charge is 0.468 e. The van der Waals surface area contributed by atoms with Gasteiger partial charge in [0.2, 0.25) is 0 Å². The quantitative estimate of drug-likeness (QED) is 0.601. The molecule has 2 atom stereocenters. The van der Waals surface area contributed by atoms with E-state index >= 15 is 0 Å². The van der Waals surface area contributed by atoms with Gasteiger partial charge in [0.25, 0.3) is 0 Å². The van der Waals surface area contributed by atoms with Gasteiger partial charge in [-0.15, -0.1) is 0 Å². The van der Waals surface area contributed by atoms with Crippen molar-refractivity contribution in [1.82, 2.24) is 0 Å². The van der Waals surface area contributed by atoms with Crippen LogP contribution in [0.2, 0.25) is 0 Å². The van der Waals surface area contributed by atoms with Crippen molar-refractivity contribution in [2.24, 2.45) is 17.6 Å². The molecular formula is C16H29NO3. The first-order valence-corrected chi connectivity index (χ1v) is 8.12. The molecule has 0 aromatic carbocycles. The zero-order chi connectivity index (χ0) is 14.4. The summed E-state index contributed by atoms with van der Waals surface area (Å²) in [6.45, 7) is 1.60. The molecular weight excluding hydrogens is 254 g/mol. The second-order valence-corrected chi connectivity index (χ2v) is 6.49. The van der Waals surface area contributed by atoms with Crippen molar-refractivity contribution in [2.45, 2.75) is 63.3 Å². The predicted molar refractivity (Wildman–Crippen MR) is 78.3 cm³/mol. The Morgan fingerprint density at radius 2 is 1.95 bits per heavy atom. The van der Waals surface area contributed by atoms with Crippen LogP contribution in [0.5, 0.6) is 0 Å². The minimum Gasteiger partial charge on any atom is -0.468 e. The maximum atomic E-state index is 11.8. The summed E-state index contributed by atoms with van der Waals surface area (Å²) < 4.78 is 10.7. The summed E-state index contributed by atoms with van der Waals surface area (Å²) in [5.74, 6) is 0.698. The molecule has 2 rings (SSSR count). The number of methoxy groups -OCH3 is 1. The van der Waals surface area contributed by atoms with Crippen LogP contribution in [-0.2, 0) is 14.3 Å². The van der Waals surface area contributed by atoms with Gasteiger partial charge >= 0.3 is 5.97 Å². The molecule has 0 aromatic heterocycles. The first-order valence-electron chi connectivity index (χ1n) is 8.12. The Morgan fingerprint density at radius 1 is 1.20 bits per heavy atom. The molecule has 0 saturated heterocycles. The Hall–Kier alpha value is -0.610. The summed E-state index contributed by atoms with van der Waals surface area (Å²) in [5, 5.41) is 0. The summed E-state index contributed by atoms with van der Waals surface area (Å²) in [4.78, 5) is 11.8. The first kappa shape index (κ1) is 15.8. The summed E-state index contributed by atoms with van der Waals surface area (Å²) in [5.41, 5.74) is 5.48. The highest BCUT2D eigenvalue weighted by molar-refractivity contribution is 5.81. The van der Waals surface area contributed by atoms with E-state index in [0.29, 0.717) is 0 Å². The first-order chi connectivity index (χ1) is 9.66. The molecule has 2 aliphatic rings. The maximum absolute atomic E-state index is 11.8. The Labute approximate surface area is 122 Å². The number of hydrogen-bond acceptors (Lipinski definition) is 4. The van der Waals surface area contributed by atoms with Crippen LogP contribution in [0.25, 0.3) is 0 Å². The van der Waals surface area contributed by atoms with E-state index < -0.39 is 5.54 Å². The highest BCUT2D eigenvalue weighted by Gasteiger charge is 2.46. The fourth-order valence-electron chi connectivity index (χ4n) is 3.79. The molecule has 0 amide bonds. The molecule has 0 bridgehead atoms. The number of ether oxygens (including phenoxy) is 2. The van der Waals surface area contributed by atoms with E-state index in [1.807, 2.05) is 0 Å². The molecule has 0 spiro atoms. The number of carbonyl (C=O) groups is 1. The van der Waals surface area contributed by atoms with Gasteiger partial charge in [-0.05, 0) is 43.9 Å². The van der Waals surface area contributed by atoms with Gasteiger partial charge in [0.05, 0.1) is 7.11 Å². The second kappa shape index (κ2) is 7.41. The van der Waals surface area contributed by atoms with Crippen LogP contribution in [0.15, 0.2) is 0 Å². The van der Waals surface area contributed by atoms with Crippen molar-refractivity contribution in [3.05, 3.63) is 0 Å². The number of carbonyl (C=O) groups excluding carboxylic acids is 1. The Bertz CT molecular complexity index is 315. The minimum atomic E-state index is -0.775. The number of nitrogens with two attached hydrogens (primary N) is 1. The molecule has 116 valence electrons. The van der Waals surface area contributed by atoms with Gasteiger partial charge in [0.1, 0.15) is 5.54 Å². The molecule has 4 nitrogen and oxygen atoms in total. The summed E-state index contributed by atoms with van der Waals surface area (Å²) in [6, 6.07) is 0. The average molecular weight is 283 g/mol. The van der Waals surface area contributed by atoms with Crippen molar-refractivity contribution in [1.29, 1.82) is 0 Å². The SMILES string of the molecule is COC(=O)C1(N)CCCC1CCOCC1CCCCC1. The lowest BCUT2D eigenvalue weighted by atomic mass is 9.86. The Kier molecular flexibility index (Phi) is 5.85. The number of esters is 1.